The zero-order valence-electron chi connectivity index (χ0n) is 17.1. The molecule has 0 spiro atoms. The predicted octanol–water partition coefficient (Wildman–Crippen LogP) is 5.21. The predicted molar refractivity (Wildman–Crippen MR) is 115 cm³/mol. The largest absolute Gasteiger partial charge is 0.497 e. The smallest absolute Gasteiger partial charge is 0.203 e. The van der Waals surface area contributed by atoms with Gasteiger partial charge in [-0.05, 0) is 53.6 Å². The molecule has 0 fully saturated rings. The summed E-state index contributed by atoms with van der Waals surface area (Å²) in [5.74, 6) is 0.752. The molecule has 0 aromatic heterocycles. The first-order valence-electron chi connectivity index (χ1n) is 9.40. The van der Waals surface area contributed by atoms with Gasteiger partial charge < -0.3 is 14.2 Å². The van der Waals surface area contributed by atoms with Gasteiger partial charge in [0, 0.05) is 5.56 Å². The summed E-state index contributed by atoms with van der Waals surface area (Å²) in [7, 11) is 3.01. The van der Waals surface area contributed by atoms with Crippen LogP contribution < -0.4 is 14.2 Å². The first-order chi connectivity index (χ1) is 15.0. The number of hydrogen-bond acceptors (Lipinski definition) is 5. The highest BCUT2D eigenvalue weighted by Crippen LogP contribution is 2.30. The molecular formula is C25H20FNO4. The second-order valence-electron chi connectivity index (χ2n) is 6.56. The van der Waals surface area contributed by atoms with Gasteiger partial charge in [0.15, 0.2) is 11.5 Å². The van der Waals surface area contributed by atoms with Crippen molar-refractivity contribution in [2.45, 2.75) is 6.61 Å². The molecular weight excluding hydrogens is 397 g/mol. The fourth-order valence-electron chi connectivity index (χ4n) is 2.87. The average molecular weight is 417 g/mol. The van der Waals surface area contributed by atoms with E-state index < -0.39 is 5.78 Å². The molecule has 0 unspecified atom stereocenters. The summed E-state index contributed by atoms with van der Waals surface area (Å²) >= 11 is 0. The fourth-order valence-corrected chi connectivity index (χ4v) is 2.87. The average Bonchev–Trinajstić information content (AvgIpc) is 2.82. The Kier molecular flexibility index (Phi) is 7.02. The van der Waals surface area contributed by atoms with Crippen molar-refractivity contribution in [3.63, 3.8) is 0 Å². The molecule has 156 valence electrons. The lowest BCUT2D eigenvalue weighted by Gasteiger charge is -2.11. The quantitative estimate of drug-likeness (QED) is 0.286. The van der Waals surface area contributed by atoms with Crippen molar-refractivity contribution in [1.29, 1.82) is 5.26 Å². The fraction of sp³-hybridized carbons (Fsp3) is 0.120. The molecule has 0 N–H and O–H groups in total. The van der Waals surface area contributed by atoms with Crippen molar-refractivity contribution < 1.29 is 23.4 Å². The zero-order chi connectivity index (χ0) is 22.2. The zero-order valence-corrected chi connectivity index (χ0v) is 17.1. The lowest BCUT2D eigenvalue weighted by molar-refractivity contribution is 0.103. The molecule has 0 aliphatic carbocycles. The van der Waals surface area contributed by atoms with E-state index in [-0.39, 0.29) is 18.0 Å². The maximum Gasteiger partial charge on any atom is 0.203 e. The number of nitriles is 1. The van der Waals surface area contributed by atoms with Crippen LogP contribution in [-0.4, -0.2) is 20.0 Å². The minimum absolute atomic E-state index is 0.0183. The number of benzene rings is 3. The lowest BCUT2D eigenvalue weighted by atomic mass is 10.0. The number of hydrogen-bond donors (Lipinski definition) is 0. The Bertz CT molecular complexity index is 1150. The number of carbonyl (C=O) groups is 1. The Hall–Kier alpha value is -4.11. The van der Waals surface area contributed by atoms with Crippen LogP contribution in [0.4, 0.5) is 4.39 Å². The summed E-state index contributed by atoms with van der Waals surface area (Å²) in [6.45, 7) is 0.240. The number of halogens is 1. The Morgan fingerprint density at radius 3 is 2.45 bits per heavy atom. The number of nitrogens with zero attached hydrogens (tertiary/aromatic N) is 1. The van der Waals surface area contributed by atoms with Crippen LogP contribution in [0.15, 0.2) is 72.3 Å². The topological polar surface area (TPSA) is 68.6 Å². The van der Waals surface area contributed by atoms with Crippen molar-refractivity contribution in [3.05, 3.63) is 94.8 Å². The molecule has 0 aliphatic rings. The molecule has 0 heterocycles. The number of allylic oxidation sites excluding steroid dienone is 1. The van der Waals surface area contributed by atoms with E-state index in [9.17, 15) is 14.4 Å². The van der Waals surface area contributed by atoms with Crippen molar-refractivity contribution in [1.82, 2.24) is 0 Å². The molecule has 0 saturated carbocycles. The number of rotatable bonds is 8. The van der Waals surface area contributed by atoms with Gasteiger partial charge in [0.1, 0.15) is 29.8 Å². The molecule has 5 nitrogen and oxygen atoms in total. The van der Waals surface area contributed by atoms with Gasteiger partial charge in [-0.1, -0.05) is 30.3 Å². The van der Waals surface area contributed by atoms with E-state index in [1.807, 2.05) is 6.07 Å². The Morgan fingerprint density at radius 2 is 1.77 bits per heavy atom. The maximum atomic E-state index is 13.0. The summed E-state index contributed by atoms with van der Waals surface area (Å²) in [5.41, 5.74) is 1.76. The summed E-state index contributed by atoms with van der Waals surface area (Å²) < 4.78 is 29.3. The van der Waals surface area contributed by atoms with Crippen molar-refractivity contribution >= 4 is 11.9 Å². The highest BCUT2D eigenvalue weighted by molar-refractivity contribution is 6.14. The van der Waals surface area contributed by atoms with E-state index in [0.29, 0.717) is 28.4 Å². The van der Waals surface area contributed by atoms with Gasteiger partial charge in [0.25, 0.3) is 0 Å². The van der Waals surface area contributed by atoms with E-state index in [1.54, 1.807) is 54.6 Å². The number of Topliss-reactive ketones (excluding diaryl/α,β-unsaturated/α-hetero) is 1. The molecule has 0 radical (unpaired) electrons. The molecule has 6 heteroatoms. The van der Waals surface area contributed by atoms with E-state index in [4.69, 9.17) is 14.2 Å². The van der Waals surface area contributed by atoms with Crippen molar-refractivity contribution in [2.75, 3.05) is 14.2 Å². The van der Waals surface area contributed by atoms with Crippen LogP contribution in [0, 0.1) is 17.1 Å². The third-order valence-corrected chi connectivity index (χ3v) is 4.50. The van der Waals surface area contributed by atoms with Crippen LogP contribution in [-0.2, 0) is 6.61 Å². The molecule has 0 saturated heterocycles. The normalized spacial score (nSPS) is 10.8. The molecule has 3 aromatic carbocycles. The first-order valence-corrected chi connectivity index (χ1v) is 9.40. The van der Waals surface area contributed by atoms with Gasteiger partial charge >= 0.3 is 0 Å². The van der Waals surface area contributed by atoms with Crippen molar-refractivity contribution in [2.24, 2.45) is 0 Å². The van der Waals surface area contributed by atoms with Crippen LogP contribution in [0.2, 0.25) is 0 Å². The number of carbonyl (C=O) groups excluding carboxylic acids is 1. The second kappa shape index (κ2) is 10.1. The van der Waals surface area contributed by atoms with Crippen LogP contribution in [0.3, 0.4) is 0 Å². The molecule has 3 aromatic rings. The minimum atomic E-state index is -0.406. The molecule has 31 heavy (non-hydrogen) atoms. The molecule has 0 atom stereocenters. The van der Waals surface area contributed by atoms with Crippen LogP contribution >= 0.6 is 0 Å². The first kappa shape index (κ1) is 21.6. The summed E-state index contributed by atoms with van der Waals surface area (Å²) in [6, 6.07) is 19.7. The van der Waals surface area contributed by atoms with Gasteiger partial charge in [0.05, 0.1) is 14.2 Å². The minimum Gasteiger partial charge on any atom is -0.497 e. The summed E-state index contributed by atoms with van der Waals surface area (Å²) in [6.07, 6.45) is 1.49. The SMILES string of the molecule is COc1cccc(C(=O)/C(C#N)=C/c2ccc(OCc3ccc(F)cc3)c(OC)c2)c1. The van der Waals surface area contributed by atoms with Gasteiger partial charge in [0.2, 0.25) is 5.78 Å². The summed E-state index contributed by atoms with van der Waals surface area (Å²) in [4.78, 5) is 12.7. The number of ketones is 1. The second-order valence-corrected chi connectivity index (χ2v) is 6.56. The van der Waals surface area contributed by atoms with Crippen LogP contribution in [0.5, 0.6) is 17.2 Å². The maximum absolute atomic E-state index is 13.0. The monoisotopic (exact) mass is 417 g/mol. The Labute approximate surface area is 179 Å². The third-order valence-electron chi connectivity index (χ3n) is 4.50. The highest BCUT2D eigenvalue weighted by atomic mass is 19.1. The van der Waals surface area contributed by atoms with Crippen molar-refractivity contribution in [3.8, 4) is 23.3 Å². The molecule has 0 aliphatic heterocycles. The Balaban J connectivity index is 1.81. The van der Waals surface area contributed by atoms with E-state index >= 15 is 0 Å². The molecule has 0 amide bonds. The number of methoxy groups -OCH3 is 2. The number of ether oxygens (including phenoxy) is 3. The molecule has 3 rings (SSSR count). The van der Waals surface area contributed by atoms with Gasteiger partial charge in [-0.2, -0.15) is 5.26 Å². The van der Waals surface area contributed by atoms with E-state index in [1.165, 1.54) is 32.4 Å². The summed E-state index contributed by atoms with van der Waals surface area (Å²) in [5, 5.41) is 9.50. The van der Waals surface area contributed by atoms with E-state index in [2.05, 4.69) is 0 Å². The van der Waals surface area contributed by atoms with Gasteiger partial charge in [-0.3, -0.25) is 4.79 Å². The third kappa shape index (κ3) is 5.49. The highest BCUT2D eigenvalue weighted by Gasteiger charge is 2.14. The lowest BCUT2D eigenvalue weighted by Crippen LogP contribution is -2.02. The molecule has 0 bridgehead atoms. The van der Waals surface area contributed by atoms with Gasteiger partial charge in [-0.25, -0.2) is 4.39 Å². The van der Waals surface area contributed by atoms with Gasteiger partial charge in [-0.15, -0.1) is 0 Å². The van der Waals surface area contributed by atoms with Crippen LogP contribution in [0.1, 0.15) is 21.5 Å². The van der Waals surface area contributed by atoms with Crippen LogP contribution in [0.25, 0.3) is 6.08 Å². The van der Waals surface area contributed by atoms with E-state index in [0.717, 1.165) is 5.56 Å². The Morgan fingerprint density at radius 1 is 1.00 bits per heavy atom. The standard InChI is InChI=1S/C25H20FNO4/c1-29-22-5-3-4-19(14-22)25(28)20(15-27)12-18-8-11-23(24(13-18)30-2)31-16-17-6-9-21(26)10-7-17/h3-14H,16H2,1-2H3/b20-12+.